The largest absolute Gasteiger partial charge is 0.243 e. The molecule has 0 spiro atoms. The Morgan fingerprint density at radius 1 is 0.786 bits per heavy atom. The first-order valence-electron chi connectivity index (χ1n) is 9.41. The fraction of sp³-hybridized carbons (Fsp3) is 0.217. The number of piperidine rings is 1. The Bertz CT molecular complexity index is 1040. The average Bonchev–Trinajstić information content (AvgIpc) is 2.74. The summed E-state index contributed by atoms with van der Waals surface area (Å²) in [5.41, 5.74) is 2.32. The minimum Gasteiger partial charge on any atom is -0.207 e. The second-order valence-electron chi connectivity index (χ2n) is 7.14. The third-order valence-corrected chi connectivity index (χ3v) is 7.58. The second kappa shape index (κ2) is 8.08. The van der Waals surface area contributed by atoms with E-state index in [1.165, 1.54) is 5.56 Å². The van der Waals surface area contributed by atoms with Crippen LogP contribution in [0.1, 0.15) is 29.4 Å². The molecule has 0 aromatic heterocycles. The molecule has 1 aliphatic heterocycles. The predicted octanol–water partition coefficient (Wildman–Crippen LogP) is 5.30. The molecule has 3 aromatic rings. The Balaban J connectivity index is 1.71. The van der Waals surface area contributed by atoms with Gasteiger partial charge in [-0.3, -0.25) is 0 Å². The van der Waals surface area contributed by atoms with Crippen molar-refractivity contribution in [2.24, 2.45) is 0 Å². The zero-order valence-electron chi connectivity index (χ0n) is 15.4. The van der Waals surface area contributed by atoms with Gasteiger partial charge in [-0.25, -0.2) is 8.42 Å². The minimum atomic E-state index is -3.52. The van der Waals surface area contributed by atoms with Gasteiger partial charge in [-0.15, -0.1) is 0 Å². The molecule has 4 rings (SSSR count). The zero-order chi connectivity index (χ0) is 19.6. The fourth-order valence-corrected chi connectivity index (χ4v) is 5.76. The molecule has 0 bridgehead atoms. The van der Waals surface area contributed by atoms with Crippen molar-refractivity contribution in [2.75, 3.05) is 13.1 Å². The van der Waals surface area contributed by atoms with E-state index in [9.17, 15) is 8.42 Å². The van der Waals surface area contributed by atoms with Gasteiger partial charge in [0, 0.05) is 24.0 Å². The van der Waals surface area contributed by atoms with E-state index >= 15 is 0 Å². The minimum absolute atomic E-state index is 0.0494. The molecule has 5 heteroatoms. The molecule has 3 aromatic carbocycles. The van der Waals surface area contributed by atoms with Gasteiger partial charge < -0.3 is 0 Å². The van der Waals surface area contributed by atoms with E-state index in [1.807, 2.05) is 48.5 Å². The maximum absolute atomic E-state index is 13.2. The van der Waals surface area contributed by atoms with Gasteiger partial charge in [0.05, 0.1) is 4.90 Å². The summed E-state index contributed by atoms with van der Waals surface area (Å²) in [6, 6.07) is 26.8. The van der Waals surface area contributed by atoms with Crippen molar-refractivity contribution in [2.45, 2.75) is 23.2 Å². The third kappa shape index (κ3) is 3.86. The second-order valence-corrected chi connectivity index (χ2v) is 9.52. The fourth-order valence-electron chi connectivity index (χ4n) is 4.06. The topological polar surface area (TPSA) is 37.4 Å². The number of hydrogen-bond donors (Lipinski definition) is 0. The highest BCUT2D eigenvalue weighted by Gasteiger charge is 2.37. The normalized spacial score (nSPS) is 20.8. The van der Waals surface area contributed by atoms with E-state index in [2.05, 4.69) is 12.1 Å². The summed E-state index contributed by atoms with van der Waals surface area (Å²) in [6.45, 7) is 0.949. The molecule has 0 unspecified atom stereocenters. The Morgan fingerprint density at radius 3 is 2.11 bits per heavy atom. The van der Waals surface area contributed by atoms with Gasteiger partial charge in [0.15, 0.2) is 0 Å². The van der Waals surface area contributed by atoms with E-state index in [-0.39, 0.29) is 11.8 Å². The van der Waals surface area contributed by atoms with Crippen LogP contribution in [0.2, 0.25) is 5.02 Å². The number of nitrogens with zero attached hydrogens (tertiary/aromatic N) is 1. The highest BCUT2D eigenvalue weighted by molar-refractivity contribution is 7.89. The maximum atomic E-state index is 13.2. The Kier molecular flexibility index (Phi) is 5.54. The van der Waals surface area contributed by atoms with Gasteiger partial charge in [0.1, 0.15) is 0 Å². The van der Waals surface area contributed by atoms with Gasteiger partial charge in [-0.1, -0.05) is 72.3 Å². The Labute approximate surface area is 171 Å². The predicted molar refractivity (Wildman–Crippen MR) is 113 cm³/mol. The standard InChI is InChI=1S/C23H22ClNO2S/c24-20-11-7-10-19(16-20)23-17-25(28(26,27)21-12-5-2-6-13-21)15-14-22(23)18-8-3-1-4-9-18/h1-13,16,22-23H,14-15,17H2/t22-,23+/m0/s1. The average molecular weight is 412 g/mol. The highest BCUT2D eigenvalue weighted by atomic mass is 35.5. The SMILES string of the molecule is O=S(=O)(c1ccccc1)N1CC[C@@H](c2ccccc2)[C@@H](c2cccc(Cl)c2)C1. The number of hydrogen-bond acceptors (Lipinski definition) is 2. The summed E-state index contributed by atoms with van der Waals surface area (Å²) in [6.07, 6.45) is 0.771. The molecular formula is C23H22ClNO2S. The quantitative estimate of drug-likeness (QED) is 0.584. The van der Waals surface area contributed by atoms with Crippen LogP contribution < -0.4 is 0 Å². The van der Waals surface area contributed by atoms with Crippen molar-refractivity contribution in [1.29, 1.82) is 0 Å². The molecule has 0 aliphatic carbocycles. The van der Waals surface area contributed by atoms with Crippen LogP contribution in [0.15, 0.2) is 89.8 Å². The van der Waals surface area contributed by atoms with Gasteiger partial charge in [0.25, 0.3) is 0 Å². The van der Waals surface area contributed by atoms with Gasteiger partial charge in [0.2, 0.25) is 10.0 Å². The number of halogens is 1. The molecule has 3 nitrogen and oxygen atoms in total. The van der Waals surface area contributed by atoms with Crippen molar-refractivity contribution in [3.63, 3.8) is 0 Å². The van der Waals surface area contributed by atoms with Crippen LogP contribution in [0.5, 0.6) is 0 Å². The Morgan fingerprint density at radius 2 is 1.43 bits per heavy atom. The van der Waals surface area contributed by atoms with Crippen LogP contribution in [0.25, 0.3) is 0 Å². The van der Waals surface area contributed by atoms with Crippen LogP contribution in [-0.4, -0.2) is 25.8 Å². The molecule has 144 valence electrons. The first-order valence-corrected chi connectivity index (χ1v) is 11.2. The summed E-state index contributed by atoms with van der Waals surface area (Å²) < 4.78 is 28.0. The summed E-state index contributed by atoms with van der Waals surface area (Å²) in [4.78, 5) is 0.345. The number of rotatable bonds is 4. The summed E-state index contributed by atoms with van der Waals surface area (Å²) in [5, 5.41) is 0.673. The van der Waals surface area contributed by atoms with Crippen LogP contribution in [-0.2, 0) is 10.0 Å². The highest BCUT2D eigenvalue weighted by Crippen LogP contribution is 2.41. The van der Waals surface area contributed by atoms with E-state index < -0.39 is 10.0 Å². The summed E-state index contributed by atoms with van der Waals surface area (Å²) in [5.74, 6) is 0.301. The molecule has 1 heterocycles. The molecule has 1 saturated heterocycles. The lowest BCUT2D eigenvalue weighted by molar-refractivity contribution is 0.285. The van der Waals surface area contributed by atoms with Gasteiger partial charge in [-0.05, 0) is 47.7 Å². The van der Waals surface area contributed by atoms with Gasteiger partial charge >= 0.3 is 0 Å². The molecule has 1 aliphatic rings. The van der Waals surface area contributed by atoms with Crippen molar-refractivity contribution in [3.8, 4) is 0 Å². The van der Waals surface area contributed by atoms with Crippen molar-refractivity contribution < 1.29 is 8.42 Å². The smallest absolute Gasteiger partial charge is 0.207 e. The molecular weight excluding hydrogens is 390 g/mol. The number of sulfonamides is 1. The summed E-state index contributed by atoms with van der Waals surface area (Å²) in [7, 11) is -3.52. The maximum Gasteiger partial charge on any atom is 0.243 e. The lowest BCUT2D eigenvalue weighted by atomic mass is 9.77. The van der Waals surface area contributed by atoms with Gasteiger partial charge in [-0.2, -0.15) is 4.31 Å². The monoisotopic (exact) mass is 411 g/mol. The van der Waals surface area contributed by atoms with E-state index in [0.717, 1.165) is 12.0 Å². The summed E-state index contributed by atoms with van der Waals surface area (Å²) >= 11 is 6.25. The van der Waals surface area contributed by atoms with Crippen LogP contribution in [0, 0.1) is 0 Å². The first kappa shape index (κ1) is 19.2. The number of benzene rings is 3. The van der Waals surface area contributed by atoms with E-state index in [4.69, 9.17) is 11.6 Å². The van der Waals surface area contributed by atoms with Crippen LogP contribution in [0.4, 0.5) is 0 Å². The molecule has 0 radical (unpaired) electrons. The molecule has 28 heavy (non-hydrogen) atoms. The molecule has 0 saturated carbocycles. The lowest BCUT2D eigenvalue weighted by Crippen LogP contribution is -2.42. The lowest BCUT2D eigenvalue weighted by Gasteiger charge is -2.38. The molecule has 0 amide bonds. The van der Waals surface area contributed by atoms with Crippen molar-refractivity contribution in [3.05, 3.63) is 101 Å². The van der Waals surface area contributed by atoms with E-state index in [0.29, 0.717) is 23.0 Å². The van der Waals surface area contributed by atoms with Crippen LogP contribution >= 0.6 is 11.6 Å². The third-order valence-electron chi connectivity index (χ3n) is 5.46. The molecule has 1 fully saturated rings. The molecule has 2 atom stereocenters. The van der Waals surface area contributed by atoms with Crippen molar-refractivity contribution >= 4 is 21.6 Å². The van der Waals surface area contributed by atoms with Crippen LogP contribution in [0.3, 0.4) is 0 Å². The van der Waals surface area contributed by atoms with E-state index in [1.54, 1.807) is 28.6 Å². The Hall–Kier alpha value is -2.14. The molecule has 0 N–H and O–H groups in total. The zero-order valence-corrected chi connectivity index (χ0v) is 17.0. The van der Waals surface area contributed by atoms with Crippen molar-refractivity contribution in [1.82, 2.24) is 4.31 Å². The first-order chi connectivity index (χ1) is 13.6.